The highest BCUT2D eigenvalue weighted by molar-refractivity contribution is 6.11. The zero-order valence-electron chi connectivity index (χ0n) is 30.2. The van der Waals surface area contributed by atoms with E-state index in [9.17, 15) is 0 Å². The molecule has 0 saturated carbocycles. The standard InChI is InChI=1S/C51H44/c1-31(2)33-13-21-39(22-14-33)51(40-23-15-34(16-24-40)32(3)4,49-43-11-7-5-9-37(43)29-47-41-25-17-35(41)19-27-45(47)49)50-44-12-8-6-10-38(44)30-48-42-26-18-36(42)20-28-46(48)50/h5-16,19-24,27-32H,17-18,25-26H2,1-4H3. The molecule has 0 fully saturated rings. The summed E-state index contributed by atoms with van der Waals surface area (Å²) in [6.45, 7) is 9.22. The second-order valence-corrected chi connectivity index (χ2v) is 15.8. The fraction of sp³-hybridized carbons (Fsp3) is 0.216. The van der Waals surface area contributed by atoms with Crippen molar-refractivity contribution in [2.75, 3.05) is 0 Å². The van der Waals surface area contributed by atoms with Crippen molar-refractivity contribution in [3.05, 3.63) is 189 Å². The third kappa shape index (κ3) is 4.39. The number of fused-ring (bicyclic) bond motifs is 8. The summed E-state index contributed by atoms with van der Waals surface area (Å²) < 4.78 is 0. The van der Waals surface area contributed by atoms with Gasteiger partial charge in [-0.1, -0.05) is 149 Å². The van der Waals surface area contributed by atoms with E-state index in [1.807, 2.05) is 0 Å². The molecule has 0 amide bonds. The lowest BCUT2D eigenvalue weighted by Gasteiger charge is -2.41. The van der Waals surface area contributed by atoms with E-state index in [0.29, 0.717) is 11.8 Å². The normalized spacial score (nSPS) is 13.9. The zero-order chi connectivity index (χ0) is 34.4. The number of rotatable bonds is 6. The number of hydrogen-bond acceptors (Lipinski definition) is 0. The highest BCUT2D eigenvalue weighted by Gasteiger charge is 2.44. The number of hydrogen-bond donors (Lipinski definition) is 0. The molecule has 2 aliphatic carbocycles. The van der Waals surface area contributed by atoms with Crippen molar-refractivity contribution in [1.82, 2.24) is 0 Å². The lowest BCUT2D eigenvalue weighted by molar-refractivity contribution is 0.765. The van der Waals surface area contributed by atoms with Gasteiger partial charge in [-0.25, -0.2) is 0 Å². The van der Waals surface area contributed by atoms with E-state index in [0.717, 1.165) is 12.8 Å². The van der Waals surface area contributed by atoms with Gasteiger partial charge in [-0.15, -0.1) is 0 Å². The molecule has 0 aromatic heterocycles. The van der Waals surface area contributed by atoms with Crippen LogP contribution in [0.3, 0.4) is 0 Å². The van der Waals surface area contributed by atoms with Gasteiger partial charge in [0.25, 0.3) is 0 Å². The van der Waals surface area contributed by atoms with E-state index < -0.39 is 5.41 Å². The van der Waals surface area contributed by atoms with Gasteiger partial charge < -0.3 is 0 Å². The van der Waals surface area contributed by atoms with Crippen LogP contribution in [0.2, 0.25) is 0 Å². The van der Waals surface area contributed by atoms with Crippen LogP contribution in [-0.4, -0.2) is 0 Å². The van der Waals surface area contributed by atoms with Crippen LogP contribution in [0.15, 0.2) is 133 Å². The molecule has 2 aliphatic rings. The lowest BCUT2D eigenvalue weighted by Crippen LogP contribution is -2.33. The minimum Gasteiger partial charge on any atom is -0.0616 e. The van der Waals surface area contributed by atoms with Crippen LogP contribution < -0.4 is 0 Å². The molecule has 0 N–H and O–H groups in total. The van der Waals surface area contributed by atoms with Gasteiger partial charge in [0, 0.05) is 0 Å². The molecular formula is C51H44. The summed E-state index contributed by atoms with van der Waals surface area (Å²) in [6, 6.07) is 52.6. The van der Waals surface area contributed by atoms with E-state index in [2.05, 4.69) is 161 Å². The maximum atomic E-state index is 2.49. The van der Waals surface area contributed by atoms with Gasteiger partial charge >= 0.3 is 0 Å². The molecule has 0 spiro atoms. The largest absolute Gasteiger partial charge is 0.0725 e. The molecule has 0 unspecified atom stereocenters. The highest BCUT2D eigenvalue weighted by Crippen LogP contribution is 2.55. The van der Waals surface area contributed by atoms with Crippen molar-refractivity contribution in [1.29, 1.82) is 0 Å². The van der Waals surface area contributed by atoms with Crippen molar-refractivity contribution in [3.8, 4) is 0 Å². The molecular weight excluding hydrogens is 613 g/mol. The first kappa shape index (κ1) is 30.6. The second-order valence-electron chi connectivity index (χ2n) is 15.8. The molecule has 0 atom stereocenters. The molecule has 0 heteroatoms. The fourth-order valence-corrected chi connectivity index (χ4v) is 9.63. The summed E-state index contributed by atoms with van der Waals surface area (Å²) in [4.78, 5) is 0. The van der Waals surface area contributed by atoms with Crippen LogP contribution in [0.1, 0.15) is 95.2 Å². The SMILES string of the molecule is CC(C)c1ccc(C(c2ccc(C(C)C)cc2)(c2c3ccccc3cc3c4c(ccc23)CC4)c2c3ccccc3cc3c4c(ccc23)CC4)cc1. The molecule has 51 heavy (non-hydrogen) atoms. The van der Waals surface area contributed by atoms with Crippen molar-refractivity contribution >= 4 is 43.1 Å². The van der Waals surface area contributed by atoms with Gasteiger partial charge in [0.15, 0.2) is 0 Å². The summed E-state index contributed by atoms with van der Waals surface area (Å²) in [5, 5.41) is 10.9. The Morgan fingerprint density at radius 1 is 0.392 bits per heavy atom. The molecule has 0 nitrogen and oxygen atoms in total. The van der Waals surface area contributed by atoms with Crippen molar-refractivity contribution in [2.24, 2.45) is 0 Å². The molecule has 8 aromatic rings. The Morgan fingerprint density at radius 3 is 1.18 bits per heavy atom. The number of aryl methyl sites for hydroxylation is 4. The maximum Gasteiger partial charge on any atom is 0.0725 e. The van der Waals surface area contributed by atoms with Crippen molar-refractivity contribution in [3.63, 3.8) is 0 Å². The van der Waals surface area contributed by atoms with Crippen LogP contribution >= 0.6 is 0 Å². The van der Waals surface area contributed by atoms with Crippen LogP contribution in [0.5, 0.6) is 0 Å². The summed E-state index contributed by atoms with van der Waals surface area (Å²) in [7, 11) is 0. The first-order valence-electron chi connectivity index (χ1n) is 19.1. The van der Waals surface area contributed by atoms with Crippen molar-refractivity contribution < 1.29 is 0 Å². The Bertz CT molecular complexity index is 2480. The Hall–Kier alpha value is -5.20. The third-order valence-electron chi connectivity index (χ3n) is 12.6. The van der Waals surface area contributed by atoms with Crippen molar-refractivity contribution in [2.45, 2.75) is 70.6 Å². The van der Waals surface area contributed by atoms with Gasteiger partial charge in [-0.05, 0) is 148 Å². The Morgan fingerprint density at radius 2 is 0.804 bits per heavy atom. The molecule has 0 bridgehead atoms. The summed E-state index contributed by atoms with van der Waals surface area (Å²) in [5.74, 6) is 0.904. The maximum absolute atomic E-state index is 2.49. The van der Waals surface area contributed by atoms with E-state index in [1.165, 1.54) is 112 Å². The molecule has 0 heterocycles. The van der Waals surface area contributed by atoms with E-state index >= 15 is 0 Å². The Labute approximate surface area is 301 Å². The van der Waals surface area contributed by atoms with E-state index in [-0.39, 0.29) is 0 Å². The first-order valence-corrected chi connectivity index (χ1v) is 19.1. The van der Waals surface area contributed by atoms with Crippen LogP contribution in [0.25, 0.3) is 43.1 Å². The first-order chi connectivity index (χ1) is 24.9. The summed E-state index contributed by atoms with van der Waals surface area (Å²) >= 11 is 0. The minimum atomic E-state index is -0.626. The molecule has 8 aromatic carbocycles. The monoisotopic (exact) mass is 656 g/mol. The van der Waals surface area contributed by atoms with Gasteiger partial charge in [0.1, 0.15) is 0 Å². The average Bonchev–Trinajstić information content (AvgIpc) is 3.12. The summed E-state index contributed by atoms with van der Waals surface area (Å²) in [5.41, 5.74) is 13.6. The van der Waals surface area contributed by atoms with Gasteiger partial charge in [-0.3, -0.25) is 0 Å². The molecule has 10 rings (SSSR count). The van der Waals surface area contributed by atoms with Crippen LogP contribution in [0, 0.1) is 0 Å². The van der Waals surface area contributed by atoms with Gasteiger partial charge in [0.2, 0.25) is 0 Å². The summed E-state index contributed by atoms with van der Waals surface area (Å²) in [6.07, 6.45) is 4.63. The molecule has 0 saturated heterocycles. The van der Waals surface area contributed by atoms with E-state index in [1.54, 1.807) is 0 Å². The second kappa shape index (κ2) is 11.4. The third-order valence-corrected chi connectivity index (χ3v) is 12.6. The predicted octanol–water partition coefficient (Wildman–Crippen LogP) is 13.1. The predicted molar refractivity (Wildman–Crippen MR) is 218 cm³/mol. The topological polar surface area (TPSA) is 0 Å². The Kier molecular flexibility index (Phi) is 6.85. The fourth-order valence-electron chi connectivity index (χ4n) is 9.63. The lowest BCUT2D eigenvalue weighted by atomic mass is 9.60. The average molecular weight is 657 g/mol. The van der Waals surface area contributed by atoms with E-state index in [4.69, 9.17) is 0 Å². The van der Waals surface area contributed by atoms with Crippen LogP contribution in [-0.2, 0) is 31.1 Å². The zero-order valence-corrected chi connectivity index (χ0v) is 30.2. The number of benzene rings is 8. The van der Waals surface area contributed by atoms with Gasteiger partial charge in [-0.2, -0.15) is 0 Å². The van der Waals surface area contributed by atoms with Crippen LogP contribution in [0.4, 0.5) is 0 Å². The molecule has 0 aliphatic heterocycles. The quantitative estimate of drug-likeness (QED) is 0.123. The smallest absolute Gasteiger partial charge is 0.0616 e. The highest BCUT2D eigenvalue weighted by atomic mass is 14.4. The molecule has 0 radical (unpaired) electrons. The Balaban J connectivity index is 1.50. The molecule has 248 valence electrons. The minimum absolute atomic E-state index is 0.452. The van der Waals surface area contributed by atoms with Gasteiger partial charge in [0.05, 0.1) is 5.41 Å².